The lowest BCUT2D eigenvalue weighted by Crippen LogP contribution is -2.34. The van der Waals surface area contributed by atoms with Crippen LogP contribution in [0.5, 0.6) is 0 Å². The van der Waals surface area contributed by atoms with Crippen LogP contribution in [0.4, 0.5) is 0 Å². The van der Waals surface area contributed by atoms with Gasteiger partial charge in [-0.05, 0) is 13.3 Å². The van der Waals surface area contributed by atoms with Crippen molar-refractivity contribution >= 4 is 5.97 Å². The minimum atomic E-state index is -0.341. The number of aliphatic hydroxyl groups is 1. The molecule has 1 unspecified atom stereocenters. The molecule has 0 aromatic carbocycles. The summed E-state index contributed by atoms with van der Waals surface area (Å²) in [6.07, 6.45) is 0.869. The minimum absolute atomic E-state index is 0.00850. The third kappa shape index (κ3) is 8.35. The number of hydrogen-bond acceptors (Lipinski definition) is 5. The second kappa shape index (κ2) is 9.89. The van der Waals surface area contributed by atoms with Crippen LogP contribution in [0.3, 0.4) is 0 Å². The first-order chi connectivity index (χ1) is 7.24. The van der Waals surface area contributed by atoms with E-state index in [1.165, 1.54) is 0 Å². The third-order valence-electron chi connectivity index (χ3n) is 1.92. The standard InChI is InChI=1S/C10H21NO4/c1-3-9(7-12)11-5-6-14-8-10(13)15-4-2/h9,11-12H,3-8H2,1-2H3. The molecule has 0 aromatic heterocycles. The molecule has 5 heteroatoms. The van der Waals surface area contributed by atoms with Crippen LogP contribution < -0.4 is 5.32 Å². The van der Waals surface area contributed by atoms with Gasteiger partial charge in [0.25, 0.3) is 0 Å². The molecule has 2 N–H and O–H groups in total. The zero-order valence-electron chi connectivity index (χ0n) is 9.49. The van der Waals surface area contributed by atoms with Crippen molar-refractivity contribution in [2.24, 2.45) is 0 Å². The Balaban J connectivity index is 3.27. The van der Waals surface area contributed by atoms with Crippen molar-refractivity contribution in [3.05, 3.63) is 0 Å². The third-order valence-corrected chi connectivity index (χ3v) is 1.92. The number of aliphatic hydroxyl groups excluding tert-OH is 1. The van der Waals surface area contributed by atoms with Gasteiger partial charge >= 0.3 is 5.97 Å². The van der Waals surface area contributed by atoms with Gasteiger partial charge < -0.3 is 19.9 Å². The highest BCUT2D eigenvalue weighted by Crippen LogP contribution is 1.88. The SMILES string of the molecule is CCOC(=O)COCCNC(CC)CO. The molecule has 0 saturated carbocycles. The Hall–Kier alpha value is -0.650. The summed E-state index contributed by atoms with van der Waals surface area (Å²) in [5.74, 6) is -0.341. The molecule has 15 heavy (non-hydrogen) atoms. The molecule has 0 spiro atoms. The Kier molecular flexibility index (Phi) is 9.46. The number of esters is 1. The van der Waals surface area contributed by atoms with Crippen LogP contribution in [0.1, 0.15) is 20.3 Å². The first kappa shape index (κ1) is 14.3. The van der Waals surface area contributed by atoms with E-state index in [9.17, 15) is 4.79 Å². The van der Waals surface area contributed by atoms with Gasteiger partial charge in [-0.25, -0.2) is 4.79 Å². The Morgan fingerprint density at radius 1 is 1.47 bits per heavy atom. The van der Waals surface area contributed by atoms with E-state index in [-0.39, 0.29) is 25.2 Å². The second-order valence-corrected chi connectivity index (χ2v) is 3.10. The van der Waals surface area contributed by atoms with Crippen molar-refractivity contribution in [1.29, 1.82) is 0 Å². The molecule has 0 saturated heterocycles. The second-order valence-electron chi connectivity index (χ2n) is 3.10. The van der Waals surface area contributed by atoms with Crippen molar-refractivity contribution in [1.82, 2.24) is 5.32 Å². The van der Waals surface area contributed by atoms with Crippen molar-refractivity contribution in [3.8, 4) is 0 Å². The van der Waals surface area contributed by atoms with Gasteiger partial charge in [0.15, 0.2) is 0 Å². The summed E-state index contributed by atoms with van der Waals surface area (Å²) in [6.45, 7) is 5.30. The average Bonchev–Trinajstić information content (AvgIpc) is 2.24. The van der Waals surface area contributed by atoms with Gasteiger partial charge in [0, 0.05) is 12.6 Å². The van der Waals surface area contributed by atoms with Crippen LogP contribution in [-0.2, 0) is 14.3 Å². The predicted molar refractivity (Wildman–Crippen MR) is 56.6 cm³/mol. The van der Waals surface area contributed by atoms with Crippen LogP contribution >= 0.6 is 0 Å². The molecule has 0 rings (SSSR count). The molecule has 5 nitrogen and oxygen atoms in total. The smallest absolute Gasteiger partial charge is 0.332 e. The number of nitrogens with one attached hydrogen (secondary N) is 1. The Bertz CT molecular complexity index is 160. The highest BCUT2D eigenvalue weighted by atomic mass is 16.6. The minimum Gasteiger partial charge on any atom is -0.464 e. The molecule has 1 atom stereocenters. The molecular weight excluding hydrogens is 198 g/mol. The molecule has 0 radical (unpaired) electrons. The number of carbonyl (C=O) groups is 1. The molecular formula is C10H21NO4. The maximum absolute atomic E-state index is 10.8. The van der Waals surface area contributed by atoms with Crippen molar-refractivity contribution in [3.63, 3.8) is 0 Å². The van der Waals surface area contributed by atoms with Crippen LogP contribution in [-0.4, -0.2) is 50.1 Å². The monoisotopic (exact) mass is 219 g/mol. The first-order valence-corrected chi connectivity index (χ1v) is 5.32. The summed E-state index contributed by atoms with van der Waals surface area (Å²) >= 11 is 0. The fourth-order valence-electron chi connectivity index (χ4n) is 1.03. The van der Waals surface area contributed by atoms with Gasteiger partial charge in [-0.3, -0.25) is 0 Å². The van der Waals surface area contributed by atoms with E-state index in [1.807, 2.05) is 6.92 Å². The fourth-order valence-corrected chi connectivity index (χ4v) is 1.03. The van der Waals surface area contributed by atoms with Crippen LogP contribution in [0, 0.1) is 0 Å². The molecule has 0 heterocycles. The molecule has 0 aliphatic heterocycles. The van der Waals surface area contributed by atoms with Gasteiger partial charge in [-0.15, -0.1) is 0 Å². The Labute approximate surface area is 90.8 Å². The van der Waals surface area contributed by atoms with E-state index in [0.29, 0.717) is 19.8 Å². The van der Waals surface area contributed by atoms with E-state index in [4.69, 9.17) is 9.84 Å². The lowest BCUT2D eigenvalue weighted by atomic mass is 10.2. The van der Waals surface area contributed by atoms with Crippen molar-refractivity contribution in [2.45, 2.75) is 26.3 Å². The zero-order valence-corrected chi connectivity index (χ0v) is 9.49. The van der Waals surface area contributed by atoms with Crippen LogP contribution in [0.25, 0.3) is 0 Å². The summed E-state index contributed by atoms with van der Waals surface area (Å²) in [4.78, 5) is 10.8. The summed E-state index contributed by atoms with van der Waals surface area (Å²) in [5, 5.41) is 12.0. The van der Waals surface area contributed by atoms with E-state index in [1.54, 1.807) is 6.92 Å². The first-order valence-electron chi connectivity index (χ1n) is 5.32. The zero-order chi connectivity index (χ0) is 11.5. The van der Waals surface area contributed by atoms with Crippen molar-refractivity contribution in [2.75, 3.05) is 33.0 Å². The molecule has 90 valence electrons. The summed E-state index contributed by atoms with van der Waals surface area (Å²) < 4.78 is 9.76. The molecule has 0 aliphatic rings. The quantitative estimate of drug-likeness (QED) is 0.419. The summed E-state index contributed by atoms with van der Waals surface area (Å²) in [5.41, 5.74) is 0. The van der Waals surface area contributed by atoms with E-state index < -0.39 is 0 Å². The highest BCUT2D eigenvalue weighted by Gasteiger charge is 2.03. The van der Waals surface area contributed by atoms with Gasteiger partial charge in [-0.1, -0.05) is 6.92 Å². The largest absolute Gasteiger partial charge is 0.464 e. The maximum Gasteiger partial charge on any atom is 0.332 e. The molecule has 0 aliphatic carbocycles. The lowest BCUT2D eigenvalue weighted by Gasteiger charge is -2.13. The molecule has 0 aromatic rings. The number of ether oxygens (including phenoxy) is 2. The van der Waals surface area contributed by atoms with Gasteiger partial charge in [0.1, 0.15) is 6.61 Å². The predicted octanol–water partition coefficient (Wildman–Crippen LogP) is -0.0734. The highest BCUT2D eigenvalue weighted by molar-refractivity contribution is 5.70. The maximum atomic E-state index is 10.8. The summed E-state index contributed by atoms with van der Waals surface area (Å²) in [6, 6.07) is 0.108. The fraction of sp³-hybridized carbons (Fsp3) is 0.900. The topological polar surface area (TPSA) is 67.8 Å². The van der Waals surface area contributed by atoms with E-state index in [2.05, 4.69) is 10.1 Å². The number of hydrogen-bond donors (Lipinski definition) is 2. The average molecular weight is 219 g/mol. The van der Waals surface area contributed by atoms with Gasteiger partial charge in [0.2, 0.25) is 0 Å². The Morgan fingerprint density at radius 2 is 2.20 bits per heavy atom. The summed E-state index contributed by atoms with van der Waals surface area (Å²) in [7, 11) is 0. The molecule has 0 bridgehead atoms. The van der Waals surface area contributed by atoms with E-state index in [0.717, 1.165) is 6.42 Å². The van der Waals surface area contributed by atoms with Crippen LogP contribution in [0.2, 0.25) is 0 Å². The van der Waals surface area contributed by atoms with Crippen LogP contribution in [0.15, 0.2) is 0 Å². The molecule has 0 fully saturated rings. The molecule has 0 amide bonds. The van der Waals surface area contributed by atoms with E-state index >= 15 is 0 Å². The normalized spacial score (nSPS) is 12.5. The lowest BCUT2D eigenvalue weighted by molar-refractivity contribution is -0.148. The number of rotatable bonds is 9. The van der Waals surface area contributed by atoms with Crippen molar-refractivity contribution < 1.29 is 19.4 Å². The van der Waals surface area contributed by atoms with Gasteiger partial charge in [0.05, 0.1) is 19.8 Å². The number of carbonyl (C=O) groups excluding carboxylic acids is 1. The Morgan fingerprint density at radius 3 is 2.73 bits per heavy atom. The van der Waals surface area contributed by atoms with Gasteiger partial charge in [-0.2, -0.15) is 0 Å².